The molecule has 2 aromatic heterocycles. The van der Waals surface area contributed by atoms with Gasteiger partial charge in [-0.2, -0.15) is 5.10 Å². The zero-order chi connectivity index (χ0) is 11.8. The van der Waals surface area contributed by atoms with E-state index < -0.39 is 0 Å². The van der Waals surface area contributed by atoms with Gasteiger partial charge in [0.2, 0.25) is 5.95 Å². The maximum atomic E-state index is 4.34. The number of aromatic nitrogens is 5. The Balaban J connectivity index is 1.66. The number of aromatic amines is 1. The molecule has 0 bridgehead atoms. The molecule has 0 unspecified atom stereocenters. The third kappa shape index (κ3) is 1.86. The highest BCUT2D eigenvalue weighted by molar-refractivity contribution is 5.36. The Hall–Kier alpha value is -1.98. The van der Waals surface area contributed by atoms with E-state index in [2.05, 4.69) is 30.0 Å². The smallest absolute Gasteiger partial charge is 0.225 e. The van der Waals surface area contributed by atoms with Crippen LogP contribution in [0.5, 0.6) is 0 Å². The van der Waals surface area contributed by atoms with Gasteiger partial charge in [0.25, 0.3) is 0 Å². The molecule has 0 aromatic carbocycles. The first kappa shape index (κ1) is 10.2. The molecule has 0 saturated carbocycles. The number of nitrogens with one attached hydrogen (secondary N) is 1. The minimum absolute atomic E-state index is 0.393. The zero-order valence-corrected chi connectivity index (χ0v) is 9.88. The molecule has 88 valence electrons. The first-order valence-corrected chi connectivity index (χ1v) is 5.65. The summed E-state index contributed by atoms with van der Waals surface area (Å²) in [6.45, 7) is 5.68. The van der Waals surface area contributed by atoms with Crippen molar-refractivity contribution >= 4 is 5.95 Å². The predicted octanol–water partition coefficient (Wildman–Crippen LogP) is 0.815. The molecule has 6 nitrogen and oxygen atoms in total. The molecule has 0 amide bonds. The second-order valence-corrected chi connectivity index (χ2v) is 4.44. The average Bonchev–Trinajstić information content (AvgIpc) is 2.66. The molecule has 0 aliphatic carbocycles. The van der Waals surface area contributed by atoms with Crippen molar-refractivity contribution in [3.63, 3.8) is 0 Å². The molecule has 1 N–H and O–H groups in total. The van der Waals surface area contributed by atoms with Crippen LogP contribution in [0.1, 0.15) is 23.1 Å². The van der Waals surface area contributed by atoms with E-state index in [0.29, 0.717) is 5.92 Å². The minimum atomic E-state index is 0.393. The summed E-state index contributed by atoms with van der Waals surface area (Å²) >= 11 is 0. The van der Waals surface area contributed by atoms with E-state index in [4.69, 9.17) is 0 Å². The summed E-state index contributed by atoms with van der Waals surface area (Å²) < 4.78 is 0. The van der Waals surface area contributed by atoms with Crippen LogP contribution in [-0.4, -0.2) is 38.2 Å². The SMILES string of the molecule is Cc1cnc(N2CC(c3n[nH]c(C)n3)C2)nc1. The summed E-state index contributed by atoms with van der Waals surface area (Å²) in [6.07, 6.45) is 3.68. The second kappa shape index (κ2) is 3.80. The number of nitrogens with zero attached hydrogens (tertiary/aromatic N) is 5. The van der Waals surface area contributed by atoms with Crippen LogP contribution in [-0.2, 0) is 0 Å². The van der Waals surface area contributed by atoms with Gasteiger partial charge in [-0.3, -0.25) is 5.10 Å². The van der Waals surface area contributed by atoms with Crippen LogP contribution >= 0.6 is 0 Å². The molecule has 6 heteroatoms. The molecular weight excluding hydrogens is 216 g/mol. The van der Waals surface area contributed by atoms with Crippen molar-refractivity contribution in [1.29, 1.82) is 0 Å². The van der Waals surface area contributed by atoms with Gasteiger partial charge in [0, 0.05) is 25.5 Å². The zero-order valence-electron chi connectivity index (χ0n) is 9.88. The molecule has 2 aromatic rings. The molecule has 1 saturated heterocycles. The number of anilines is 1. The van der Waals surface area contributed by atoms with E-state index in [9.17, 15) is 0 Å². The molecule has 1 aliphatic heterocycles. The number of hydrogen-bond acceptors (Lipinski definition) is 5. The minimum Gasteiger partial charge on any atom is -0.339 e. The summed E-state index contributed by atoms with van der Waals surface area (Å²) in [7, 11) is 0. The Morgan fingerprint density at radius 2 is 1.94 bits per heavy atom. The molecule has 3 rings (SSSR count). The van der Waals surface area contributed by atoms with Gasteiger partial charge in [0.05, 0.1) is 5.92 Å². The first-order valence-electron chi connectivity index (χ1n) is 5.65. The number of hydrogen-bond donors (Lipinski definition) is 1. The Morgan fingerprint density at radius 1 is 1.24 bits per heavy atom. The molecule has 3 heterocycles. The molecule has 0 radical (unpaired) electrons. The van der Waals surface area contributed by atoms with Crippen molar-refractivity contribution < 1.29 is 0 Å². The second-order valence-electron chi connectivity index (χ2n) is 4.44. The van der Waals surface area contributed by atoms with Crippen molar-refractivity contribution in [2.75, 3.05) is 18.0 Å². The largest absolute Gasteiger partial charge is 0.339 e. The summed E-state index contributed by atoms with van der Waals surface area (Å²) in [4.78, 5) is 15.1. The van der Waals surface area contributed by atoms with Crippen molar-refractivity contribution in [3.8, 4) is 0 Å². The van der Waals surface area contributed by atoms with Gasteiger partial charge in [-0.15, -0.1) is 0 Å². The van der Waals surface area contributed by atoms with Gasteiger partial charge in [-0.25, -0.2) is 15.0 Å². The first-order chi connectivity index (χ1) is 8.22. The van der Waals surface area contributed by atoms with Gasteiger partial charge >= 0.3 is 0 Å². The molecular formula is C11H14N6. The van der Waals surface area contributed by atoms with Gasteiger partial charge in [0.15, 0.2) is 5.82 Å². The summed E-state index contributed by atoms with van der Waals surface area (Å²) in [5.41, 5.74) is 1.08. The predicted molar refractivity (Wildman–Crippen MR) is 62.8 cm³/mol. The monoisotopic (exact) mass is 230 g/mol. The van der Waals surface area contributed by atoms with E-state index in [0.717, 1.165) is 36.3 Å². The summed E-state index contributed by atoms with van der Waals surface area (Å²) in [5, 5.41) is 7.05. The molecule has 0 atom stereocenters. The van der Waals surface area contributed by atoms with Crippen molar-refractivity contribution in [2.24, 2.45) is 0 Å². The van der Waals surface area contributed by atoms with Crippen molar-refractivity contribution in [3.05, 3.63) is 29.6 Å². The Bertz CT molecular complexity index is 511. The van der Waals surface area contributed by atoms with Gasteiger partial charge in [0.1, 0.15) is 5.82 Å². The fourth-order valence-electron chi connectivity index (χ4n) is 1.90. The van der Waals surface area contributed by atoms with Crippen LogP contribution < -0.4 is 4.90 Å². The maximum absolute atomic E-state index is 4.34. The summed E-state index contributed by atoms with van der Waals surface area (Å²) in [5.74, 6) is 2.94. The number of aryl methyl sites for hydroxylation is 2. The number of rotatable bonds is 2. The highest BCUT2D eigenvalue weighted by Gasteiger charge is 2.32. The lowest BCUT2D eigenvalue weighted by molar-refractivity contribution is 0.492. The van der Waals surface area contributed by atoms with E-state index in [-0.39, 0.29) is 0 Å². The van der Waals surface area contributed by atoms with E-state index >= 15 is 0 Å². The van der Waals surface area contributed by atoms with Crippen molar-refractivity contribution in [1.82, 2.24) is 25.1 Å². The van der Waals surface area contributed by atoms with Gasteiger partial charge in [-0.1, -0.05) is 0 Å². The van der Waals surface area contributed by atoms with E-state index in [1.807, 2.05) is 26.2 Å². The maximum Gasteiger partial charge on any atom is 0.225 e. The number of H-pyrrole nitrogens is 1. The Kier molecular flexibility index (Phi) is 2.28. The van der Waals surface area contributed by atoms with Crippen LogP contribution in [0.15, 0.2) is 12.4 Å². The van der Waals surface area contributed by atoms with E-state index in [1.54, 1.807) is 0 Å². The highest BCUT2D eigenvalue weighted by atomic mass is 15.3. The van der Waals surface area contributed by atoms with Crippen LogP contribution in [0, 0.1) is 13.8 Å². The lowest BCUT2D eigenvalue weighted by atomic mass is 10.0. The Morgan fingerprint density at radius 3 is 2.53 bits per heavy atom. The highest BCUT2D eigenvalue weighted by Crippen LogP contribution is 2.27. The third-order valence-corrected chi connectivity index (χ3v) is 2.91. The van der Waals surface area contributed by atoms with E-state index in [1.165, 1.54) is 0 Å². The lowest BCUT2D eigenvalue weighted by Gasteiger charge is -2.37. The molecule has 17 heavy (non-hydrogen) atoms. The topological polar surface area (TPSA) is 70.6 Å². The fourth-order valence-corrected chi connectivity index (χ4v) is 1.90. The van der Waals surface area contributed by atoms with Crippen LogP contribution in [0.2, 0.25) is 0 Å². The fraction of sp³-hybridized carbons (Fsp3) is 0.455. The molecule has 0 spiro atoms. The average molecular weight is 230 g/mol. The summed E-state index contributed by atoms with van der Waals surface area (Å²) in [6, 6.07) is 0. The van der Waals surface area contributed by atoms with Crippen LogP contribution in [0.4, 0.5) is 5.95 Å². The van der Waals surface area contributed by atoms with Crippen LogP contribution in [0.25, 0.3) is 0 Å². The normalized spacial score (nSPS) is 16.0. The van der Waals surface area contributed by atoms with Crippen molar-refractivity contribution in [2.45, 2.75) is 19.8 Å². The van der Waals surface area contributed by atoms with Gasteiger partial charge < -0.3 is 4.90 Å². The van der Waals surface area contributed by atoms with Crippen LogP contribution in [0.3, 0.4) is 0 Å². The quantitative estimate of drug-likeness (QED) is 0.826. The standard InChI is InChI=1S/C11H14N6/c1-7-3-12-11(13-4-7)17-5-9(6-17)10-14-8(2)15-16-10/h3-4,9H,5-6H2,1-2H3,(H,14,15,16). The molecule has 1 fully saturated rings. The Labute approximate surface area is 99.1 Å². The third-order valence-electron chi connectivity index (χ3n) is 2.91. The van der Waals surface area contributed by atoms with Gasteiger partial charge in [-0.05, 0) is 19.4 Å². The molecule has 1 aliphatic rings. The lowest BCUT2D eigenvalue weighted by Crippen LogP contribution is -2.46.